The van der Waals surface area contributed by atoms with Crippen LogP contribution in [0, 0.1) is 5.92 Å². The van der Waals surface area contributed by atoms with Gasteiger partial charge in [0.2, 0.25) is 0 Å². The summed E-state index contributed by atoms with van der Waals surface area (Å²) in [5.41, 5.74) is 0. The lowest BCUT2D eigenvalue weighted by Crippen LogP contribution is -2.24. The number of hydrogen-bond acceptors (Lipinski definition) is 3. The monoisotopic (exact) mass is 193 g/mol. The summed E-state index contributed by atoms with van der Waals surface area (Å²) < 4.78 is 5.56. The molecule has 1 saturated heterocycles. The number of nitrogens with one attached hydrogen (secondary N) is 1. The first-order valence-corrected chi connectivity index (χ1v) is 4.93. The van der Waals surface area contributed by atoms with Crippen molar-refractivity contribution in [2.45, 2.75) is 6.10 Å². The lowest BCUT2D eigenvalue weighted by molar-refractivity contribution is 0.112. The van der Waals surface area contributed by atoms with Crippen molar-refractivity contribution in [3.8, 4) is 5.75 Å². The number of aliphatic hydroxyl groups is 1. The molecule has 14 heavy (non-hydrogen) atoms. The lowest BCUT2D eigenvalue weighted by atomic mass is 10.1. The van der Waals surface area contributed by atoms with E-state index in [2.05, 4.69) is 5.32 Å². The number of para-hydroxylation sites is 1. The standard InChI is InChI=1S/C11H15NO2/c13-11-7-12-6-9(11)8-14-10-4-2-1-3-5-10/h1-5,9,11-13H,6-8H2. The zero-order valence-corrected chi connectivity index (χ0v) is 8.02. The van der Waals surface area contributed by atoms with Gasteiger partial charge in [-0.25, -0.2) is 0 Å². The number of β-amino-alcohol motifs (C(OH)–C–C–N with tert-alkyl or cyclic N) is 1. The van der Waals surface area contributed by atoms with Gasteiger partial charge in [-0.15, -0.1) is 0 Å². The van der Waals surface area contributed by atoms with Crippen molar-refractivity contribution in [3.05, 3.63) is 30.3 Å². The Morgan fingerprint density at radius 3 is 2.71 bits per heavy atom. The minimum atomic E-state index is -0.265. The van der Waals surface area contributed by atoms with E-state index in [0.29, 0.717) is 13.2 Å². The topological polar surface area (TPSA) is 41.5 Å². The normalized spacial score (nSPS) is 26.4. The maximum absolute atomic E-state index is 9.52. The van der Waals surface area contributed by atoms with Crippen LogP contribution in [0.1, 0.15) is 0 Å². The Morgan fingerprint density at radius 1 is 1.29 bits per heavy atom. The average molecular weight is 193 g/mol. The van der Waals surface area contributed by atoms with Crippen molar-refractivity contribution in [2.75, 3.05) is 19.7 Å². The summed E-state index contributed by atoms with van der Waals surface area (Å²) in [4.78, 5) is 0. The molecule has 0 spiro atoms. The molecule has 1 aliphatic heterocycles. The van der Waals surface area contributed by atoms with E-state index < -0.39 is 0 Å². The van der Waals surface area contributed by atoms with E-state index in [1.807, 2.05) is 30.3 Å². The molecule has 2 unspecified atom stereocenters. The summed E-state index contributed by atoms with van der Waals surface area (Å²) in [6, 6.07) is 9.69. The molecule has 1 aromatic carbocycles. The van der Waals surface area contributed by atoms with Gasteiger partial charge in [-0.1, -0.05) is 18.2 Å². The molecule has 1 aliphatic rings. The first kappa shape index (κ1) is 9.49. The average Bonchev–Trinajstić information content (AvgIpc) is 2.63. The fraction of sp³-hybridized carbons (Fsp3) is 0.455. The third-order valence-corrected chi connectivity index (χ3v) is 2.51. The summed E-state index contributed by atoms with van der Waals surface area (Å²) in [6.45, 7) is 2.11. The highest BCUT2D eigenvalue weighted by Crippen LogP contribution is 2.13. The van der Waals surface area contributed by atoms with Crippen molar-refractivity contribution in [1.82, 2.24) is 5.32 Å². The Kier molecular flexibility index (Phi) is 3.01. The van der Waals surface area contributed by atoms with E-state index in [0.717, 1.165) is 12.3 Å². The lowest BCUT2D eigenvalue weighted by Gasteiger charge is -2.14. The molecule has 1 aromatic rings. The highest BCUT2D eigenvalue weighted by molar-refractivity contribution is 5.20. The first-order chi connectivity index (χ1) is 6.86. The molecule has 2 N–H and O–H groups in total. The molecular weight excluding hydrogens is 178 g/mol. The van der Waals surface area contributed by atoms with Crippen LogP contribution in [0.5, 0.6) is 5.75 Å². The van der Waals surface area contributed by atoms with E-state index in [-0.39, 0.29) is 12.0 Å². The Balaban J connectivity index is 1.82. The minimum absolute atomic E-state index is 0.218. The van der Waals surface area contributed by atoms with Crippen molar-refractivity contribution in [3.63, 3.8) is 0 Å². The third kappa shape index (κ3) is 2.25. The smallest absolute Gasteiger partial charge is 0.119 e. The van der Waals surface area contributed by atoms with Gasteiger partial charge in [0.05, 0.1) is 12.7 Å². The van der Waals surface area contributed by atoms with Crippen LogP contribution < -0.4 is 10.1 Å². The van der Waals surface area contributed by atoms with Gasteiger partial charge in [-0.3, -0.25) is 0 Å². The van der Waals surface area contributed by atoms with E-state index in [4.69, 9.17) is 4.74 Å². The predicted molar refractivity (Wildman–Crippen MR) is 54.3 cm³/mol. The van der Waals surface area contributed by atoms with Crippen LogP contribution in [0.2, 0.25) is 0 Å². The second-order valence-electron chi connectivity index (χ2n) is 3.61. The largest absolute Gasteiger partial charge is 0.493 e. The highest BCUT2D eigenvalue weighted by atomic mass is 16.5. The molecule has 2 atom stereocenters. The Bertz CT molecular complexity index is 276. The van der Waals surface area contributed by atoms with Gasteiger partial charge in [0, 0.05) is 19.0 Å². The van der Waals surface area contributed by atoms with Crippen LogP contribution >= 0.6 is 0 Å². The number of ether oxygens (including phenoxy) is 1. The van der Waals surface area contributed by atoms with Gasteiger partial charge in [0.1, 0.15) is 5.75 Å². The number of hydrogen-bond donors (Lipinski definition) is 2. The molecular formula is C11H15NO2. The second-order valence-corrected chi connectivity index (χ2v) is 3.61. The van der Waals surface area contributed by atoms with Crippen molar-refractivity contribution < 1.29 is 9.84 Å². The highest BCUT2D eigenvalue weighted by Gasteiger charge is 2.25. The van der Waals surface area contributed by atoms with E-state index >= 15 is 0 Å². The second kappa shape index (κ2) is 4.44. The van der Waals surface area contributed by atoms with Gasteiger partial charge in [0.25, 0.3) is 0 Å². The molecule has 1 fully saturated rings. The Morgan fingerprint density at radius 2 is 2.07 bits per heavy atom. The predicted octanol–water partition coefficient (Wildman–Crippen LogP) is 0.646. The summed E-state index contributed by atoms with van der Waals surface area (Å²) in [5, 5.41) is 12.7. The van der Waals surface area contributed by atoms with Crippen molar-refractivity contribution >= 4 is 0 Å². The fourth-order valence-corrected chi connectivity index (χ4v) is 1.61. The van der Waals surface area contributed by atoms with Crippen molar-refractivity contribution in [1.29, 1.82) is 0 Å². The van der Waals surface area contributed by atoms with E-state index in [1.54, 1.807) is 0 Å². The van der Waals surface area contributed by atoms with Gasteiger partial charge < -0.3 is 15.2 Å². The maximum Gasteiger partial charge on any atom is 0.119 e. The van der Waals surface area contributed by atoms with E-state index in [9.17, 15) is 5.11 Å². The maximum atomic E-state index is 9.52. The van der Waals surface area contributed by atoms with Crippen LogP contribution in [0.4, 0.5) is 0 Å². The summed E-state index contributed by atoms with van der Waals surface area (Å²) in [7, 11) is 0. The summed E-state index contributed by atoms with van der Waals surface area (Å²) in [6.07, 6.45) is -0.265. The Hall–Kier alpha value is -1.06. The number of aliphatic hydroxyl groups excluding tert-OH is 1. The van der Waals surface area contributed by atoms with Crippen molar-refractivity contribution in [2.24, 2.45) is 5.92 Å². The van der Waals surface area contributed by atoms with Crippen LogP contribution in [0.3, 0.4) is 0 Å². The zero-order chi connectivity index (χ0) is 9.80. The minimum Gasteiger partial charge on any atom is -0.493 e. The summed E-state index contributed by atoms with van der Waals surface area (Å²) in [5.74, 6) is 1.09. The molecule has 0 aromatic heterocycles. The number of benzene rings is 1. The first-order valence-electron chi connectivity index (χ1n) is 4.93. The molecule has 2 rings (SSSR count). The van der Waals surface area contributed by atoms with E-state index in [1.165, 1.54) is 0 Å². The summed E-state index contributed by atoms with van der Waals surface area (Å²) >= 11 is 0. The molecule has 76 valence electrons. The molecule has 3 heteroatoms. The molecule has 3 nitrogen and oxygen atoms in total. The van der Waals surface area contributed by atoms with Gasteiger partial charge in [-0.2, -0.15) is 0 Å². The molecule has 0 amide bonds. The molecule has 1 heterocycles. The Labute approximate surface area is 83.7 Å². The molecule has 0 saturated carbocycles. The van der Waals surface area contributed by atoms with Gasteiger partial charge in [-0.05, 0) is 12.1 Å². The van der Waals surface area contributed by atoms with Crippen LogP contribution in [-0.2, 0) is 0 Å². The molecule has 0 aliphatic carbocycles. The number of rotatable bonds is 3. The van der Waals surface area contributed by atoms with Crippen LogP contribution in [0.25, 0.3) is 0 Å². The molecule has 0 bridgehead atoms. The van der Waals surface area contributed by atoms with Crippen LogP contribution in [0.15, 0.2) is 30.3 Å². The quantitative estimate of drug-likeness (QED) is 0.740. The van der Waals surface area contributed by atoms with Gasteiger partial charge in [0.15, 0.2) is 0 Å². The SMILES string of the molecule is OC1CNCC1COc1ccccc1. The van der Waals surface area contributed by atoms with Gasteiger partial charge >= 0.3 is 0 Å². The third-order valence-electron chi connectivity index (χ3n) is 2.51. The molecule has 0 radical (unpaired) electrons. The van der Waals surface area contributed by atoms with Crippen LogP contribution in [-0.4, -0.2) is 30.9 Å². The fourth-order valence-electron chi connectivity index (χ4n) is 1.61. The zero-order valence-electron chi connectivity index (χ0n) is 8.02.